The van der Waals surface area contributed by atoms with Gasteiger partial charge in [-0.2, -0.15) is 0 Å². The van der Waals surface area contributed by atoms with Crippen LogP contribution in [0.1, 0.15) is 25.3 Å². The molecule has 0 heterocycles. The number of nitrogens with two attached hydrogens (primary N) is 1. The molecule has 1 aliphatic rings. The molecular weight excluding hydrogens is 220 g/mol. The molecule has 2 N–H and O–H groups in total. The van der Waals surface area contributed by atoms with E-state index in [0.717, 1.165) is 12.8 Å². The van der Waals surface area contributed by atoms with Crippen molar-refractivity contribution in [3.8, 4) is 0 Å². The Kier molecular flexibility index (Phi) is 2.47. The fourth-order valence-corrected chi connectivity index (χ4v) is 2.09. The van der Waals surface area contributed by atoms with Crippen LogP contribution in [0.2, 0.25) is 5.02 Å². The first-order valence-corrected chi connectivity index (χ1v) is 5.26. The van der Waals surface area contributed by atoms with Gasteiger partial charge in [0.15, 0.2) is 0 Å². The molecule has 0 bridgehead atoms. The number of benzene rings is 1. The number of halogens is 3. The van der Waals surface area contributed by atoms with Gasteiger partial charge in [0.05, 0.1) is 0 Å². The summed E-state index contributed by atoms with van der Waals surface area (Å²) in [6.45, 7) is 1.86. The van der Waals surface area contributed by atoms with Crippen LogP contribution < -0.4 is 5.73 Å². The van der Waals surface area contributed by atoms with E-state index in [1.165, 1.54) is 12.1 Å². The Morgan fingerprint density at radius 3 is 2.13 bits per heavy atom. The lowest BCUT2D eigenvalue weighted by Gasteiger charge is -2.20. The van der Waals surface area contributed by atoms with Crippen LogP contribution in [-0.4, -0.2) is 6.04 Å². The highest BCUT2D eigenvalue weighted by Crippen LogP contribution is 2.50. The lowest BCUT2D eigenvalue weighted by atomic mass is 9.89. The largest absolute Gasteiger partial charge is 0.327 e. The Morgan fingerprint density at radius 1 is 1.33 bits per heavy atom. The predicted octanol–water partition coefficient (Wildman–Crippen LogP) is 3.00. The summed E-state index contributed by atoms with van der Waals surface area (Å²) in [6.07, 6.45) is 1.76. The van der Waals surface area contributed by atoms with Crippen molar-refractivity contribution >= 4 is 11.6 Å². The van der Waals surface area contributed by atoms with Crippen molar-refractivity contribution in [2.75, 3.05) is 0 Å². The van der Waals surface area contributed by atoms with Gasteiger partial charge in [-0.15, -0.1) is 0 Å². The van der Waals surface area contributed by atoms with E-state index in [1.807, 2.05) is 6.92 Å². The van der Waals surface area contributed by atoms with E-state index in [1.54, 1.807) is 0 Å². The maximum absolute atomic E-state index is 13.2. The zero-order valence-corrected chi connectivity index (χ0v) is 9.11. The molecular formula is C11H12ClF2N. The number of hydrogen-bond acceptors (Lipinski definition) is 1. The average Bonchev–Trinajstić information content (AvgIpc) is 2.93. The summed E-state index contributed by atoms with van der Waals surface area (Å²) >= 11 is 5.42. The normalized spacial score (nSPS) is 20.1. The quantitative estimate of drug-likeness (QED) is 0.778. The van der Waals surface area contributed by atoms with Gasteiger partial charge in [-0.1, -0.05) is 11.6 Å². The molecule has 82 valence electrons. The topological polar surface area (TPSA) is 26.0 Å². The zero-order chi connectivity index (χ0) is 11.2. The van der Waals surface area contributed by atoms with Crippen LogP contribution in [0.4, 0.5) is 8.78 Å². The fraction of sp³-hybridized carbons (Fsp3) is 0.455. The first-order valence-electron chi connectivity index (χ1n) is 4.88. The van der Waals surface area contributed by atoms with Crippen molar-refractivity contribution in [2.45, 2.75) is 31.2 Å². The lowest BCUT2D eigenvalue weighted by molar-refractivity contribution is 0.533. The minimum absolute atomic E-state index is 0.0996. The van der Waals surface area contributed by atoms with E-state index >= 15 is 0 Å². The van der Waals surface area contributed by atoms with E-state index in [-0.39, 0.29) is 11.5 Å². The van der Waals surface area contributed by atoms with Gasteiger partial charge in [-0.25, -0.2) is 8.78 Å². The summed E-state index contributed by atoms with van der Waals surface area (Å²) < 4.78 is 26.5. The van der Waals surface area contributed by atoms with Crippen LogP contribution in [0.25, 0.3) is 0 Å². The molecule has 2 rings (SSSR count). The second-order valence-electron chi connectivity index (χ2n) is 4.20. The molecule has 0 amide bonds. The Labute approximate surface area is 92.2 Å². The van der Waals surface area contributed by atoms with Crippen LogP contribution in [-0.2, 0) is 5.41 Å². The van der Waals surface area contributed by atoms with Gasteiger partial charge < -0.3 is 5.73 Å². The standard InChI is InChI=1S/C11H12ClF2N/c1-6(15)11(2-3-11)7-4-8(13)10(12)9(14)5-7/h4-6H,2-3,15H2,1H3. The summed E-state index contributed by atoms with van der Waals surface area (Å²) in [5.74, 6) is -1.42. The first kappa shape index (κ1) is 10.8. The van der Waals surface area contributed by atoms with Gasteiger partial charge in [-0.3, -0.25) is 0 Å². The van der Waals surface area contributed by atoms with Crippen molar-refractivity contribution in [1.29, 1.82) is 0 Å². The summed E-state index contributed by atoms with van der Waals surface area (Å²) in [5, 5.41) is -0.445. The lowest BCUT2D eigenvalue weighted by Crippen LogP contribution is -2.31. The Bertz CT molecular complexity index is 377. The third kappa shape index (κ3) is 1.64. The van der Waals surface area contributed by atoms with Crippen LogP contribution in [0.3, 0.4) is 0 Å². The molecule has 1 unspecified atom stereocenters. The van der Waals surface area contributed by atoms with E-state index in [0.29, 0.717) is 5.56 Å². The van der Waals surface area contributed by atoms with Gasteiger partial charge >= 0.3 is 0 Å². The third-order valence-electron chi connectivity index (χ3n) is 3.22. The van der Waals surface area contributed by atoms with Gasteiger partial charge in [0.25, 0.3) is 0 Å². The molecule has 1 atom stereocenters. The van der Waals surface area contributed by atoms with Gasteiger partial charge in [0, 0.05) is 11.5 Å². The predicted molar refractivity (Wildman–Crippen MR) is 55.9 cm³/mol. The van der Waals surface area contributed by atoms with Crippen molar-refractivity contribution in [3.05, 3.63) is 34.4 Å². The van der Waals surface area contributed by atoms with E-state index < -0.39 is 16.7 Å². The molecule has 0 radical (unpaired) electrons. The molecule has 1 aromatic rings. The summed E-state index contributed by atoms with van der Waals surface area (Å²) in [6, 6.07) is 2.49. The first-order chi connectivity index (χ1) is 6.97. The number of hydrogen-bond donors (Lipinski definition) is 1. The molecule has 1 fully saturated rings. The van der Waals surface area contributed by atoms with Crippen LogP contribution in [0.15, 0.2) is 12.1 Å². The molecule has 1 aromatic carbocycles. The van der Waals surface area contributed by atoms with Gasteiger partial charge in [-0.05, 0) is 37.5 Å². The molecule has 4 heteroatoms. The molecule has 0 spiro atoms. The summed E-state index contributed by atoms with van der Waals surface area (Å²) in [7, 11) is 0. The second kappa shape index (κ2) is 3.42. The smallest absolute Gasteiger partial charge is 0.145 e. The second-order valence-corrected chi connectivity index (χ2v) is 4.58. The van der Waals surface area contributed by atoms with Gasteiger partial charge in [0.1, 0.15) is 16.7 Å². The average molecular weight is 232 g/mol. The zero-order valence-electron chi connectivity index (χ0n) is 8.36. The molecule has 1 saturated carbocycles. The number of rotatable bonds is 2. The third-order valence-corrected chi connectivity index (χ3v) is 3.58. The molecule has 0 saturated heterocycles. The minimum Gasteiger partial charge on any atom is -0.327 e. The SMILES string of the molecule is CC(N)C1(c2cc(F)c(Cl)c(F)c2)CC1. The minimum atomic E-state index is -0.710. The Balaban J connectivity index is 2.47. The molecule has 15 heavy (non-hydrogen) atoms. The monoisotopic (exact) mass is 231 g/mol. The Morgan fingerprint density at radius 2 is 1.80 bits per heavy atom. The van der Waals surface area contributed by atoms with Crippen molar-refractivity contribution in [2.24, 2.45) is 5.73 Å². The van der Waals surface area contributed by atoms with E-state index in [2.05, 4.69) is 0 Å². The highest BCUT2D eigenvalue weighted by Gasteiger charge is 2.47. The van der Waals surface area contributed by atoms with Crippen LogP contribution in [0, 0.1) is 11.6 Å². The highest BCUT2D eigenvalue weighted by molar-refractivity contribution is 6.30. The summed E-state index contributed by atoms with van der Waals surface area (Å²) in [5.41, 5.74) is 6.20. The van der Waals surface area contributed by atoms with E-state index in [9.17, 15) is 8.78 Å². The highest BCUT2D eigenvalue weighted by atomic mass is 35.5. The Hall–Kier alpha value is -0.670. The fourth-order valence-electron chi connectivity index (χ4n) is 1.98. The molecule has 0 aromatic heterocycles. The molecule has 0 aliphatic heterocycles. The van der Waals surface area contributed by atoms with E-state index in [4.69, 9.17) is 17.3 Å². The van der Waals surface area contributed by atoms with Crippen molar-refractivity contribution in [3.63, 3.8) is 0 Å². The maximum atomic E-state index is 13.2. The van der Waals surface area contributed by atoms with Crippen molar-refractivity contribution < 1.29 is 8.78 Å². The molecule has 1 nitrogen and oxygen atoms in total. The summed E-state index contributed by atoms with van der Waals surface area (Å²) in [4.78, 5) is 0. The van der Waals surface area contributed by atoms with Crippen LogP contribution >= 0.6 is 11.6 Å². The van der Waals surface area contributed by atoms with Crippen LogP contribution in [0.5, 0.6) is 0 Å². The molecule has 1 aliphatic carbocycles. The van der Waals surface area contributed by atoms with Gasteiger partial charge in [0.2, 0.25) is 0 Å². The van der Waals surface area contributed by atoms with Crippen molar-refractivity contribution in [1.82, 2.24) is 0 Å². The maximum Gasteiger partial charge on any atom is 0.145 e.